The van der Waals surface area contributed by atoms with Crippen molar-refractivity contribution in [1.82, 2.24) is 10.6 Å². The highest BCUT2D eigenvalue weighted by Crippen LogP contribution is 2.32. The van der Waals surface area contributed by atoms with Crippen molar-refractivity contribution in [2.24, 2.45) is 0 Å². The Labute approximate surface area is 145 Å². The third-order valence-corrected chi connectivity index (χ3v) is 3.86. The molecule has 2 N–H and O–H groups in total. The first-order valence-corrected chi connectivity index (χ1v) is 8.11. The zero-order valence-electron chi connectivity index (χ0n) is 13.9. The van der Waals surface area contributed by atoms with Crippen LogP contribution in [0.5, 0.6) is 11.5 Å². The van der Waals surface area contributed by atoms with Crippen molar-refractivity contribution in [3.8, 4) is 11.5 Å². The molecule has 1 aliphatic rings. The average molecular weight is 344 g/mol. The van der Waals surface area contributed by atoms with Crippen LogP contribution in [0, 0.1) is 0 Å². The minimum atomic E-state index is -0.336. The molecule has 25 heavy (non-hydrogen) atoms. The molecule has 7 nitrogen and oxygen atoms in total. The van der Waals surface area contributed by atoms with Crippen molar-refractivity contribution in [1.29, 1.82) is 0 Å². The first-order chi connectivity index (χ1) is 12.1. The summed E-state index contributed by atoms with van der Waals surface area (Å²) >= 11 is 0. The van der Waals surface area contributed by atoms with Gasteiger partial charge in [-0.05, 0) is 43.7 Å². The van der Waals surface area contributed by atoms with Crippen molar-refractivity contribution in [2.45, 2.75) is 25.8 Å². The van der Waals surface area contributed by atoms with Crippen LogP contribution in [0.1, 0.15) is 29.5 Å². The number of rotatable bonds is 7. The third kappa shape index (κ3) is 4.53. The highest BCUT2D eigenvalue weighted by Gasteiger charge is 2.17. The molecule has 3 rings (SSSR count). The van der Waals surface area contributed by atoms with Gasteiger partial charge in [-0.2, -0.15) is 0 Å². The quantitative estimate of drug-likeness (QED) is 0.800. The van der Waals surface area contributed by atoms with E-state index in [2.05, 4.69) is 10.6 Å². The summed E-state index contributed by atoms with van der Waals surface area (Å²) in [7, 11) is 0. The van der Waals surface area contributed by atoms with Gasteiger partial charge in [-0.3, -0.25) is 9.59 Å². The number of nitrogens with one attached hydrogen (secondary N) is 2. The molecule has 1 atom stereocenters. The minimum Gasteiger partial charge on any atom is -0.469 e. The van der Waals surface area contributed by atoms with Gasteiger partial charge in [0.2, 0.25) is 12.7 Å². The lowest BCUT2D eigenvalue weighted by Gasteiger charge is -2.13. The van der Waals surface area contributed by atoms with Gasteiger partial charge in [-0.15, -0.1) is 0 Å². The van der Waals surface area contributed by atoms with E-state index in [9.17, 15) is 9.59 Å². The van der Waals surface area contributed by atoms with Crippen LogP contribution in [-0.4, -0.2) is 31.2 Å². The number of aryl methyl sites for hydroxylation is 1. The monoisotopic (exact) mass is 344 g/mol. The maximum atomic E-state index is 12.1. The van der Waals surface area contributed by atoms with Crippen LogP contribution in [0.2, 0.25) is 0 Å². The number of benzene rings is 1. The largest absolute Gasteiger partial charge is 0.469 e. The number of furan rings is 1. The first kappa shape index (κ1) is 16.9. The number of fused-ring (bicyclic) bond motifs is 1. The van der Waals surface area contributed by atoms with Gasteiger partial charge >= 0.3 is 0 Å². The average Bonchev–Trinajstić information content (AvgIpc) is 3.28. The molecule has 1 aromatic heterocycles. The SMILES string of the molecule is CC(CCc1ccco1)NC(=O)CNC(=O)c1ccc2c(c1)OCO2. The molecular weight excluding hydrogens is 324 g/mol. The summed E-state index contributed by atoms with van der Waals surface area (Å²) in [5, 5.41) is 5.45. The van der Waals surface area contributed by atoms with Gasteiger partial charge in [0.1, 0.15) is 5.76 Å². The molecule has 0 fully saturated rings. The molecule has 132 valence electrons. The number of hydrogen-bond donors (Lipinski definition) is 2. The fourth-order valence-corrected chi connectivity index (χ4v) is 2.51. The maximum Gasteiger partial charge on any atom is 0.251 e. The normalized spacial score (nSPS) is 13.3. The summed E-state index contributed by atoms with van der Waals surface area (Å²) in [5.41, 5.74) is 0.419. The molecule has 2 heterocycles. The highest BCUT2D eigenvalue weighted by molar-refractivity contribution is 5.97. The van der Waals surface area contributed by atoms with Crippen LogP contribution in [0.4, 0.5) is 0 Å². The van der Waals surface area contributed by atoms with E-state index in [4.69, 9.17) is 13.9 Å². The molecule has 1 aliphatic heterocycles. The highest BCUT2D eigenvalue weighted by atomic mass is 16.7. The fraction of sp³-hybridized carbons (Fsp3) is 0.333. The molecule has 0 aliphatic carbocycles. The van der Waals surface area contributed by atoms with E-state index in [1.165, 1.54) is 0 Å². The first-order valence-electron chi connectivity index (χ1n) is 8.11. The maximum absolute atomic E-state index is 12.1. The van der Waals surface area contributed by atoms with Gasteiger partial charge < -0.3 is 24.5 Å². The van der Waals surface area contributed by atoms with Gasteiger partial charge in [0.05, 0.1) is 12.8 Å². The lowest BCUT2D eigenvalue weighted by molar-refractivity contribution is -0.120. The lowest BCUT2D eigenvalue weighted by atomic mass is 10.1. The summed E-state index contributed by atoms with van der Waals surface area (Å²) < 4.78 is 15.7. The predicted molar refractivity (Wildman–Crippen MR) is 89.5 cm³/mol. The van der Waals surface area contributed by atoms with E-state index in [1.54, 1.807) is 24.5 Å². The fourth-order valence-electron chi connectivity index (χ4n) is 2.51. The van der Waals surface area contributed by atoms with Crippen LogP contribution in [-0.2, 0) is 11.2 Å². The molecule has 7 heteroatoms. The van der Waals surface area contributed by atoms with Crippen molar-refractivity contribution in [3.63, 3.8) is 0 Å². The second-order valence-corrected chi connectivity index (χ2v) is 5.84. The number of carbonyl (C=O) groups excluding carboxylic acids is 2. The van der Waals surface area contributed by atoms with Gasteiger partial charge in [0.25, 0.3) is 5.91 Å². The van der Waals surface area contributed by atoms with E-state index >= 15 is 0 Å². The molecule has 0 radical (unpaired) electrons. The summed E-state index contributed by atoms with van der Waals surface area (Å²) in [5.74, 6) is 1.46. The Morgan fingerprint density at radius 2 is 2.04 bits per heavy atom. The Kier molecular flexibility index (Phi) is 5.23. The second-order valence-electron chi connectivity index (χ2n) is 5.84. The molecule has 1 aromatic carbocycles. The number of ether oxygens (including phenoxy) is 2. The molecular formula is C18H20N2O5. The van der Waals surface area contributed by atoms with Gasteiger partial charge in [0, 0.05) is 18.0 Å². The van der Waals surface area contributed by atoms with Crippen LogP contribution >= 0.6 is 0 Å². The predicted octanol–water partition coefficient (Wildman–Crippen LogP) is 1.88. The van der Waals surface area contributed by atoms with E-state index < -0.39 is 0 Å². The van der Waals surface area contributed by atoms with E-state index in [0.717, 1.165) is 18.6 Å². The van der Waals surface area contributed by atoms with Crippen LogP contribution in [0.25, 0.3) is 0 Å². The summed E-state index contributed by atoms with van der Waals surface area (Å²) in [6.45, 7) is 1.98. The van der Waals surface area contributed by atoms with Crippen LogP contribution < -0.4 is 20.1 Å². The Morgan fingerprint density at radius 3 is 2.84 bits per heavy atom. The lowest BCUT2D eigenvalue weighted by Crippen LogP contribution is -2.41. The molecule has 0 spiro atoms. The van der Waals surface area contributed by atoms with Crippen molar-refractivity contribution >= 4 is 11.8 Å². The number of amides is 2. The Bertz CT molecular complexity index is 742. The smallest absolute Gasteiger partial charge is 0.251 e. The summed E-state index contributed by atoms with van der Waals surface area (Å²) in [6, 6.07) is 8.63. The number of carbonyl (C=O) groups is 2. The zero-order valence-corrected chi connectivity index (χ0v) is 13.9. The summed E-state index contributed by atoms with van der Waals surface area (Å²) in [4.78, 5) is 24.1. The standard InChI is InChI=1S/C18H20N2O5/c1-12(4-6-14-3-2-8-23-14)20-17(21)10-19-18(22)13-5-7-15-16(9-13)25-11-24-15/h2-3,5,7-9,12H,4,6,10-11H2,1H3,(H,19,22)(H,20,21). The van der Waals surface area contributed by atoms with Crippen LogP contribution in [0.3, 0.4) is 0 Å². The van der Waals surface area contributed by atoms with E-state index in [0.29, 0.717) is 17.1 Å². The zero-order chi connectivity index (χ0) is 17.6. The molecule has 1 unspecified atom stereocenters. The Morgan fingerprint density at radius 1 is 1.20 bits per heavy atom. The Hall–Kier alpha value is -2.96. The molecule has 0 saturated heterocycles. The van der Waals surface area contributed by atoms with Crippen molar-refractivity contribution in [2.75, 3.05) is 13.3 Å². The number of hydrogen-bond acceptors (Lipinski definition) is 5. The molecule has 2 amide bonds. The molecule has 0 bridgehead atoms. The van der Waals surface area contributed by atoms with Crippen LogP contribution in [0.15, 0.2) is 41.0 Å². The van der Waals surface area contributed by atoms with Crippen molar-refractivity contribution < 1.29 is 23.5 Å². The van der Waals surface area contributed by atoms with Gasteiger partial charge in [-0.1, -0.05) is 0 Å². The molecule has 0 saturated carbocycles. The Balaban J connectivity index is 1.41. The summed E-state index contributed by atoms with van der Waals surface area (Å²) in [6.07, 6.45) is 3.14. The molecule has 2 aromatic rings. The van der Waals surface area contributed by atoms with Crippen molar-refractivity contribution in [3.05, 3.63) is 47.9 Å². The van der Waals surface area contributed by atoms with Gasteiger partial charge in [0.15, 0.2) is 11.5 Å². The third-order valence-electron chi connectivity index (χ3n) is 3.86. The van der Waals surface area contributed by atoms with Gasteiger partial charge in [-0.25, -0.2) is 0 Å². The van der Waals surface area contributed by atoms with E-state index in [1.807, 2.05) is 19.1 Å². The second kappa shape index (κ2) is 7.74. The topological polar surface area (TPSA) is 89.8 Å². The minimum absolute atomic E-state index is 0.0138. The van der Waals surface area contributed by atoms with E-state index in [-0.39, 0.29) is 31.2 Å².